The highest BCUT2D eigenvalue weighted by Crippen LogP contribution is 2.24. The van der Waals surface area contributed by atoms with Crippen LogP contribution in [0.1, 0.15) is 52.9 Å². The van der Waals surface area contributed by atoms with Crippen molar-refractivity contribution in [2.24, 2.45) is 11.8 Å². The molecule has 102 valence electrons. The highest BCUT2D eigenvalue weighted by atomic mass is 15.1. The predicted octanol–water partition coefficient (Wildman–Crippen LogP) is 3.13. The van der Waals surface area contributed by atoms with Crippen molar-refractivity contribution in [1.82, 2.24) is 10.2 Å². The van der Waals surface area contributed by atoms with E-state index in [-0.39, 0.29) is 0 Å². The summed E-state index contributed by atoms with van der Waals surface area (Å²) in [5, 5.41) is 3.32. The molecule has 1 heterocycles. The molecule has 0 bridgehead atoms. The van der Waals surface area contributed by atoms with E-state index in [2.05, 4.69) is 38.0 Å². The largest absolute Gasteiger partial charge is 0.317 e. The summed E-state index contributed by atoms with van der Waals surface area (Å²) >= 11 is 0. The lowest BCUT2D eigenvalue weighted by Gasteiger charge is -2.21. The van der Waals surface area contributed by atoms with Crippen molar-refractivity contribution in [1.29, 1.82) is 0 Å². The first-order chi connectivity index (χ1) is 8.13. The van der Waals surface area contributed by atoms with Gasteiger partial charge in [0.25, 0.3) is 0 Å². The zero-order chi connectivity index (χ0) is 12.7. The van der Waals surface area contributed by atoms with Crippen LogP contribution in [0.2, 0.25) is 0 Å². The third-order valence-electron chi connectivity index (χ3n) is 4.41. The zero-order valence-corrected chi connectivity index (χ0v) is 12.3. The Morgan fingerprint density at radius 1 is 1.18 bits per heavy atom. The Kier molecular flexibility index (Phi) is 7.14. The lowest BCUT2D eigenvalue weighted by molar-refractivity contribution is 0.263. The Bertz CT molecular complexity index is 191. The van der Waals surface area contributed by atoms with Crippen LogP contribution in [0, 0.1) is 11.8 Å². The number of rotatable bonds is 6. The van der Waals surface area contributed by atoms with Crippen molar-refractivity contribution in [3.8, 4) is 0 Å². The highest BCUT2D eigenvalue weighted by molar-refractivity contribution is 4.72. The van der Waals surface area contributed by atoms with Crippen LogP contribution in [0.5, 0.6) is 0 Å². The Labute approximate surface area is 108 Å². The smallest absolute Gasteiger partial charge is 0.00362 e. The molecule has 1 saturated heterocycles. The molecule has 17 heavy (non-hydrogen) atoms. The zero-order valence-electron chi connectivity index (χ0n) is 12.3. The summed E-state index contributed by atoms with van der Waals surface area (Å²) < 4.78 is 0. The van der Waals surface area contributed by atoms with Gasteiger partial charge in [0.05, 0.1) is 0 Å². The number of hydrogen-bond donors (Lipinski definition) is 1. The summed E-state index contributed by atoms with van der Waals surface area (Å²) in [6, 6.07) is 0.672. The van der Waals surface area contributed by atoms with Crippen LogP contribution in [0.4, 0.5) is 0 Å². The van der Waals surface area contributed by atoms with Crippen LogP contribution in [0.25, 0.3) is 0 Å². The van der Waals surface area contributed by atoms with Crippen LogP contribution in [0.3, 0.4) is 0 Å². The van der Waals surface area contributed by atoms with Crippen molar-refractivity contribution in [3.63, 3.8) is 0 Å². The molecule has 0 aromatic carbocycles. The van der Waals surface area contributed by atoms with Gasteiger partial charge in [0.1, 0.15) is 0 Å². The Hall–Kier alpha value is -0.0800. The van der Waals surface area contributed by atoms with E-state index < -0.39 is 0 Å². The third kappa shape index (κ3) is 5.87. The predicted molar refractivity (Wildman–Crippen MR) is 76.4 cm³/mol. The summed E-state index contributed by atoms with van der Waals surface area (Å²) in [6.07, 6.45) is 6.92. The van der Waals surface area contributed by atoms with E-state index in [0.717, 1.165) is 11.8 Å². The van der Waals surface area contributed by atoms with Crippen LogP contribution >= 0.6 is 0 Å². The number of nitrogens with one attached hydrogen (secondary N) is 1. The van der Waals surface area contributed by atoms with E-state index in [1.165, 1.54) is 51.7 Å². The third-order valence-corrected chi connectivity index (χ3v) is 4.41. The standard InChI is InChI=1S/C15H32N2/c1-13(2)15-8-6-11-17(12-9-15)10-5-7-14(3)16-4/h13-16H,5-12H2,1-4H3. The molecule has 0 spiro atoms. The average Bonchev–Trinajstić information content (AvgIpc) is 2.54. The molecule has 1 N–H and O–H groups in total. The number of likely N-dealkylation sites (tertiary alicyclic amines) is 1. The summed E-state index contributed by atoms with van der Waals surface area (Å²) in [6.45, 7) is 11.0. The van der Waals surface area contributed by atoms with Gasteiger partial charge in [0.15, 0.2) is 0 Å². The van der Waals surface area contributed by atoms with Crippen LogP contribution in [0.15, 0.2) is 0 Å². The molecule has 0 aliphatic carbocycles. The molecule has 0 aromatic rings. The summed E-state index contributed by atoms with van der Waals surface area (Å²) in [7, 11) is 2.06. The van der Waals surface area contributed by atoms with E-state index in [4.69, 9.17) is 0 Å². The minimum absolute atomic E-state index is 0.672. The normalized spacial score (nSPS) is 24.9. The molecule has 0 aromatic heterocycles. The second-order valence-corrected chi connectivity index (χ2v) is 6.11. The fourth-order valence-electron chi connectivity index (χ4n) is 2.84. The van der Waals surface area contributed by atoms with Gasteiger partial charge in [-0.1, -0.05) is 13.8 Å². The van der Waals surface area contributed by atoms with Crippen LogP contribution < -0.4 is 5.32 Å². The van der Waals surface area contributed by atoms with Gasteiger partial charge in [-0.05, 0) is 77.5 Å². The Balaban J connectivity index is 2.18. The van der Waals surface area contributed by atoms with Crippen molar-refractivity contribution < 1.29 is 0 Å². The fourth-order valence-corrected chi connectivity index (χ4v) is 2.84. The van der Waals surface area contributed by atoms with Crippen LogP contribution in [-0.4, -0.2) is 37.6 Å². The highest BCUT2D eigenvalue weighted by Gasteiger charge is 2.19. The summed E-state index contributed by atoms with van der Waals surface area (Å²) in [4.78, 5) is 2.69. The maximum absolute atomic E-state index is 3.32. The maximum atomic E-state index is 3.32. The molecule has 0 saturated carbocycles. The monoisotopic (exact) mass is 240 g/mol. The van der Waals surface area contributed by atoms with E-state index in [1.807, 2.05) is 0 Å². The number of nitrogens with zero attached hydrogens (tertiary/aromatic N) is 1. The van der Waals surface area contributed by atoms with Crippen molar-refractivity contribution in [2.45, 2.75) is 58.9 Å². The first-order valence-corrected chi connectivity index (χ1v) is 7.53. The quantitative estimate of drug-likeness (QED) is 0.767. The summed E-state index contributed by atoms with van der Waals surface area (Å²) in [5.74, 6) is 1.84. The van der Waals surface area contributed by atoms with E-state index in [9.17, 15) is 0 Å². The molecule has 1 fully saturated rings. The lowest BCUT2D eigenvalue weighted by Crippen LogP contribution is -2.28. The molecular weight excluding hydrogens is 208 g/mol. The van der Waals surface area contributed by atoms with Gasteiger partial charge in [0, 0.05) is 6.04 Å². The molecule has 1 rings (SSSR count). The second kappa shape index (κ2) is 8.10. The fraction of sp³-hybridized carbons (Fsp3) is 1.00. The Morgan fingerprint density at radius 2 is 1.94 bits per heavy atom. The van der Waals surface area contributed by atoms with Gasteiger partial charge in [-0.15, -0.1) is 0 Å². The molecule has 1 aliphatic rings. The molecule has 1 aliphatic heterocycles. The van der Waals surface area contributed by atoms with E-state index >= 15 is 0 Å². The molecular formula is C15H32N2. The van der Waals surface area contributed by atoms with Gasteiger partial charge in [-0.3, -0.25) is 0 Å². The topological polar surface area (TPSA) is 15.3 Å². The SMILES string of the molecule is CNC(C)CCCN1CCCC(C(C)C)CC1. The first-order valence-electron chi connectivity index (χ1n) is 7.53. The molecule has 2 unspecified atom stereocenters. The van der Waals surface area contributed by atoms with Gasteiger partial charge < -0.3 is 10.2 Å². The van der Waals surface area contributed by atoms with E-state index in [0.29, 0.717) is 6.04 Å². The molecule has 2 heteroatoms. The van der Waals surface area contributed by atoms with E-state index in [1.54, 1.807) is 0 Å². The van der Waals surface area contributed by atoms with Gasteiger partial charge >= 0.3 is 0 Å². The molecule has 2 atom stereocenters. The van der Waals surface area contributed by atoms with Crippen LogP contribution in [-0.2, 0) is 0 Å². The Morgan fingerprint density at radius 3 is 2.59 bits per heavy atom. The van der Waals surface area contributed by atoms with Crippen molar-refractivity contribution >= 4 is 0 Å². The minimum Gasteiger partial charge on any atom is -0.317 e. The average molecular weight is 240 g/mol. The molecule has 0 radical (unpaired) electrons. The minimum atomic E-state index is 0.672. The lowest BCUT2D eigenvalue weighted by atomic mass is 9.89. The maximum Gasteiger partial charge on any atom is 0.00362 e. The van der Waals surface area contributed by atoms with Gasteiger partial charge in [-0.2, -0.15) is 0 Å². The van der Waals surface area contributed by atoms with Gasteiger partial charge in [-0.25, -0.2) is 0 Å². The first kappa shape index (κ1) is 15.0. The van der Waals surface area contributed by atoms with Crippen molar-refractivity contribution in [2.75, 3.05) is 26.7 Å². The second-order valence-electron chi connectivity index (χ2n) is 6.11. The van der Waals surface area contributed by atoms with Gasteiger partial charge in [0.2, 0.25) is 0 Å². The molecule has 0 amide bonds. The summed E-state index contributed by atoms with van der Waals surface area (Å²) in [5.41, 5.74) is 0. The molecule has 2 nitrogen and oxygen atoms in total. The van der Waals surface area contributed by atoms with Crippen molar-refractivity contribution in [3.05, 3.63) is 0 Å². The number of hydrogen-bond acceptors (Lipinski definition) is 2.